The van der Waals surface area contributed by atoms with Crippen molar-refractivity contribution in [2.24, 2.45) is 0 Å². The maximum atomic E-state index is 11.0. The van der Waals surface area contributed by atoms with Crippen LogP contribution in [0.5, 0.6) is 0 Å². The SMILES string of the molecule is Cc1cc(C(=O)O)ccc1NCC1CCC(=O)N1. The first-order valence-corrected chi connectivity index (χ1v) is 5.93. The van der Waals surface area contributed by atoms with Gasteiger partial charge in [-0.1, -0.05) is 0 Å². The molecule has 1 aromatic carbocycles. The van der Waals surface area contributed by atoms with Crippen LogP contribution in [0.1, 0.15) is 28.8 Å². The lowest BCUT2D eigenvalue weighted by atomic mass is 10.1. The van der Waals surface area contributed by atoms with Crippen LogP contribution >= 0.6 is 0 Å². The Morgan fingerprint density at radius 3 is 2.89 bits per heavy atom. The fourth-order valence-electron chi connectivity index (χ4n) is 2.06. The lowest BCUT2D eigenvalue weighted by molar-refractivity contribution is -0.119. The molecule has 0 bridgehead atoms. The summed E-state index contributed by atoms with van der Waals surface area (Å²) in [5.74, 6) is -0.826. The Balaban J connectivity index is 1.97. The summed E-state index contributed by atoms with van der Waals surface area (Å²) in [7, 11) is 0. The number of anilines is 1. The number of aromatic carboxylic acids is 1. The quantitative estimate of drug-likeness (QED) is 0.752. The maximum absolute atomic E-state index is 11.0. The Hall–Kier alpha value is -2.04. The van der Waals surface area contributed by atoms with Gasteiger partial charge in [0.2, 0.25) is 5.91 Å². The largest absolute Gasteiger partial charge is 0.478 e. The minimum atomic E-state index is -0.923. The predicted octanol–water partition coefficient (Wildman–Crippen LogP) is 1.38. The summed E-state index contributed by atoms with van der Waals surface area (Å²) >= 11 is 0. The molecule has 1 amide bonds. The summed E-state index contributed by atoms with van der Waals surface area (Å²) in [6.07, 6.45) is 1.43. The predicted molar refractivity (Wildman–Crippen MR) is 67.8 cm³/mol. The van der Waals surface area contributed by atoms with E-state index in [1.165, 1.54) is 0 Å². The third-order valence-electron chi connectivity index (χ3n) is 3.10. The van der Waals surface area contributed by atoms with E-state index < -0.39 is 5.97 Å². The van der Waals surface area contributed by atoms with E-state index in [4.69, 9.17) is 5.11 Å². The molecule has 1 aromatic rings. The summed E-state index contributed by atoms with van der Waals surface area (Å²) in [5.41, 5.74) is 2.08. The van der Waals surface area contributed by atoms with Gasteiger partial charge in [-0.3, -0.25) is 4.79 Å². The Bertz CT molecular complexity index is 485. The molecule has 0 spiro atoms. The molecule has 0 aliphatic carbocycles. The standard InChI is InChI=1S/C13H16N2O3/c1-8-6-9(13(17)18)2-4-11(8)14-7-10-3-5-12(16)15-10/h2,4,6,10,14H,3,5,7H2,1H3,(H,15,16)(H,17,18). The third-order valence-corrected chi connectivity index (χ3v) is 3.10. The number of carboxylic acid groups (broad SMARTS) is 1. The average Bonchev–Trinajstić information content (AvgIpc) is 2.73. The van der Waals surface area contributed by atoms with Gasteiger partial charge in [-0.15, -0.1) is 0 Å². The first kappa shape index (κ1) is 12.4. The van der Waals surface area contributed by atoms with Gasteiger partial charge < -0.3 is 15.7 Å². The summed E-state index contributed by atoms with van der Waals surface area (Å²) < 4.78 is 0. The molecule has 96 valence electrons. The molecule has 1 saturated heterocycles. The van der Waals surface area contributed by atoms with Gasteiger partial charge in [0.1, 0.15) is 0 Å². The maximum Gasteiger partial charge on any atom is 0.335 e. The molecule has 3 N–H and O–H groups in total. The fourth-order valence-corrected chi connectivity index (χ4v) is 2.06. The van der Waals surface area contributed by atoms with Crippen molar-refractivity contribution in [3.63, 3.8) is 0 Å². The van der Waals surface area contributed by atoms with Crippen LogP contribution in [0.25, 0.3) is 0 Å². The van der Waals surface area contributed by atoms with Gasteiger partial charge in [-0.25, -0.2) is 4.79 Å². The minimum absolute atomic E-state index is 0.0970. The zero-order chi connectivity index (χ0) is 13.1. The molecule has 5 heteroatoms. The molecule has 1 fully saturated rings. The molecule has 1 unspecified atom stereocenters. The monoisotopic (exact) mass is 248 g/mol. The van der Waals surface area contributed by atoms with E-state index in [0.29, 0.717) is 13.0 Å². The molecule has 0 saturated carbocycles. The van der Waals surface area contributed by atoms with Gasteiger partial charge >= 0.3 is 5.97 Å². The number of hydrogen-bond acceptors (Lipinski definition) is 3. The summed E-state index contributed by atoms with van der Waals surface area (Å²) in [6, 6.07) is 5.13. The van der Waals surface area contributed by atoms with Crippen molar-refractivity contribution in [1.29, 1.82) is 0 Å². The highest BCUT2D eigenvalue weighted by Gasteiger charge is 2.20. The van der Waals surface area contributed by atoms with Gasteiger partial charge in [0, 0.05) is 24.7 Å². The molecule has 0 aromatic heterocycles. The van der Waals surface area contributed by atoms with Crippen molar-refractivity contribution >= 4 is 17.6 Å². The molecule has 1 aliphatic rings. The number of carbonyl (C=O) groups excluding carboxylic acids is 1. The zero-order valence-corrected chi connectivity index (χ0v) is 10.2. The normalized spacial score (nSPS) is 18.5. The summed E-state index contributed by atoms with van der Waals surface area (Å²) in [6.45, 7) is 2.53. The van der Waals surface area contributed by atoms with E-state index in [1.807, 2.05) is 6.92 Å². The Labute approximate surface area is 105 Å². The third kappa shape index (κ3) is 2.80. The zero-order valence-electron chi connectivity index (χ0n) is 10.2. The topological polar surface area (TPSA) is 78.4 Å². The van der Waals surface area contributed by atoms with E-state index in [9.17, 15) is 9.59 Å². The number of aryl methyl sites for hydroxylation is 1. The highest BCUT2D eigenvalue weighted by atomic mass is 16.4. The van der Waals surface area contributed by atoms with E-state index in [2.05, 4.69) is 10.6 Å². The van der Waals surface area contributed by atoms with Crippen molar-refractivity contribution in [2.45, 2.75) is 25.8 Å². The molecule has 5 nitrogen and oxygen atoms in total. The number of hydrogen-bond donors (Lipinski definition) is 3. The Morgan fingerprint density at radius 1 is 1.56 bits per heavy atom. The van der Waals surface area contributed by atoms with E-state index in [1.54, 1.807) is 18.2 Å². The van der Waals surface area contributed by atoms with Crippen LogP contribution in [0, 0.1) is 6.92 Å². The van der Waals surface area contributed by atoms with Gasteiger partial charge in [0.15, 0.2) is 0 Å². The summed E-state index contributed by atoms with van der Waals surface area (Å²) in [5, 5.41) is 15.0. The van der Waals surface area contributed by atoms with Crippen LogP contribution in [0.2, 0.25) is 0 Å². The number of benzene rings is 1. The van der Waals surface area contributed by atoms with Gasteiger partial charge in [-0.2, -0.15) is 0 Å². The van der Waals surface area contributed by atoms with Crippen molar-refractivity contribution < 1.29 is 14.7 Å². The van der Waals surface area contributed by atoms with Crippen molar-refractivity contribution in [3.05, 3.63) is 29.3 Å². The van der Waals surface area contributed by atoms with Crippen LogP contribution in [-0.4, -0.2) is 29.6 Å². The highest BCUT2D eigenvalue weighted by Crippen LogP contribution is 2.17. The highest BCUT2D eigenvalue weighted by molar-refractivity contribution is 5.88. The molecule has 1 aliphatic heterocycles. The number of carbonyl (C=O) groups is 2. The molecular formula is C13H16N2O3. The molecule has 2 rings (SSSR count). The van der Waals surface area contributed by atoms with Crippen molar-refractivity contribution in [2.75, 3.05) is 11.9 Å². The van der Waals surface area contributed by atoms with E-state index in [0.717, 1.165) is 17.7 Å². The fraction of sp³-hybridized carbons (Fsp3) is 0.385. The number of carboxylic acids is 1. The van der Waals surface area contributed by atoms with Gasteiger partial charge in [0.05, 0.1) is 5.56 Å². The minimum Gasteiger partial charge on any atom is -0.478 e. The van der Waals surface area contributed by atoms with Crippen molar-refractivity contribution in [1.82, 2.24) is 5.32 Å². The second kappa shape index (κ2) is 5.08. The van der Waals surface area contributed by atoms with Gasteiger partial charge in [0.25, 0.3) is 0 Å². The molecule has 1 atom stereocenters. The lowest BCUT2D eigenvalue weighted by Crippen LogP contribution is -2.31. The van der Waals surface area contributed by atoms with Crippen LogP contribution in [0.15, 0.2) is 18.2 Å². The molecule has 1 heterocycles. The van der Waals surface area contributed by atoms with Crippen LogP contribution in [-0.2, 0) is 4.79 Å². The molecular weight excluding hydrogens is 232 g/mol. The second-order valence-corrected chi connectivity index (χ2v) is 4.52. The smallest absolute Gasteiger partial charge is 0.335 e. The van der Waals surface area contributed by atoms with Crippen LogP contribution in [0.3, 0.4) is 0 Å². The van der Waals surface area contributed by atoms with E-state index in [-0.39, 0.29) is 17.5 Å². The number of rotatable bonds is 4. The van der Waals surface area contributed by atoms with Crippen LogP contribution in [0.4, 0.5) is 5.69 Å². The van der Waals surface area contributed by atoms with E-state index >= 15 is 0 Å². The van der Waals surface area contributed by atoms with Crippen molar-refractivity contribution in [3.8, 4) is 0 Å². The lowest BCUT2D eigenvalue weighted by Gasteiger charge is -2.14. The molecule has 18 heavy (non-hydrogen) atoms. The first-order valence-electron chi connectivity index (χ1n) is 5.93. The average molecular weight is 248 g/mol. The Morgan fingerprint density at radius 2 is 2.33 bits per heavy atom. The second-order valence-electron chi connectivity index (χ2n) is 4.52. The first-order chi connectivity index (χ1) is 8.56. The molecule has 0 radical (unpaired) electrons. The van der Waals surface area contributed by atoms with Crippen LogP contribution < -0.4 is 10.6 Å². The number of amides is 1. The van der Waals surface area contributed by atoms with Gasteiger partial charge in [-0.05, 0) is 37.1 Å². The summed E-state index contributed by atoms with van der Waals surface area (Å²) in [4.78, 5) is 21.8. The Kier molecular flexibility index (Phi) is 3.50. The number of nitrogens with one attached hydrogen (secondary N) is 2.